The first-order valence-electron chi connectivity index (χ1n) is 7.01. The van der Waals surface area contributed by atoms with Crippen LogP contribution in [0.4, 0.5) is 0 Å². The number of hydrogen-bond acceptors (Lipinski definition) is 2. The summed E-state index contributed by atoms with van der Waals surface area (Å²) in [6, 6.07) is 0. The molecule has 0 aromatic carbocycles. The van der Waals surface area contributed by atoms with Gasteiger partial charge in [-0.25, -0.2) is 4.79 Å². The summed E-state index contributed by atoms with van der Waals surface area (Å²) in [6.07, 6.45) is 1.74. The number of hydrogen-bond donors (Lipinski definition) is 0. The Balaban J connectivity index is 5.66. The van der Waals surface area contributed by atoms with Gasteiger partial charge in [0.05, 0.1) is 7.11 Å². The Morgan fingerprint density at radius 3 is 1.74 bits per heavy atom. The van der Waals surface area contributed by atoms with Crippen LogP contribution in [-0.2, 0) is 9.53 Å². The average molecular weight is 280 g/mol. The molecule has 0 spiro atoms. The number of esters is 1. The van der Waals surface area contributed by atoms with E-state index in [4.69, 9.17) is 4.74 Å². The zero-order chi connectivity index (χ0) is 15.2. The summed E-state index contributed by atoms with van der Waals surface area (Å²) >= 11 is 0. The van der Waals surface area contributed by atoms with Crippen LogP contribution in [0.1, 0.15) is 48.5 Å². The number of carbonyl (C=O) groups excluding carboxylic acids is 1. The fourth-order valence-corrected chi connectivity index (χ4v) is 8.18. The Morgan fingerprint density at radius 2 is 1.47 bits per heavy atom. The largest absolute Gasteiger partial charge is 0.465 e. The van der Waals surface area contributed by atoms with Crippen LogP contribution in [-0.4, -0.2) is 21.2 Å². The normalized spacial score (nSPS) is 12.7. The predicted octanol–water partition coefficient (Wildman–Crippen LogP) is 4.33. The standard InChI is InChI=1S/C16H28O2Si/c1-9-15(16(17)18-8)10-11-19(12(2)3,13(4)5)14(6)7/h9,12-14H,1-8H3/b15-9+. The quantitative estimate of drug-likeness (QED) is 0.332. The molecule has 0 aliphatic carbocycles. The Bertz CT molecular complexity index is 373. The molecule has 0 amide bonds. The Morgan fingerprint density at radius 1 is 1.05 bits per heavy atom. The fraction of sp³-hybridized carbons (Fsp3) is 0.688. The van der Waals surface area contributed by atoms with E-state index in [1.54, 1.807) is 6.08 Å². The van der Waals surface area contributed by atoms with Crippen molar-refractivity contribution in [2.75, 3.05) is 7.11 Å². The van der Waals surface area contributed by atoms with Crippen LogP contribution >= 0.6 is 0 Å². The molecule has 0 aliphatic heterocycles. The lowest BCUT2D eigenvalue weighted by Gasteiger charge is -2.38. The number of carbonyl (C=O) groups is 1. The molecule has 0 atom stereocenters. The SMILES string of the molecule is C/C=C(\C#C[Si](C(C)C)(C(C)C)C(C)C)C(=O)OC. The van der Waals surface area contributed by atoms with Crippen LogP contribution in [0.15, 0.2) is 11.6 Å². The van der Waals surface area contributed by atoms with Gasteiger partial charge in [0.25, 0.3) is 0 Å². The highest BCUT2D eigenvalue weighted by Gasteiger charge is 2.41. The summed E-state index contributed by atoms with van der Waals surface area (Å²) < 4.78 is 4.76. The van der Waals surface area contributed by atoms with Crippen LogP contribution < -0.4 is 0 Å². The smallest absolute Gasteiger partial charge is 0.346 e. The van der Waals surface area contributed by atoms with E-state index in [9.17, 15) is 4.79 Å². The number of ether oxygens (including phenoxy) is 1. The predicted molar refractivity (Wildman–Crippen MR) is 84.6 cm³/mol. The van der Waals surface area contributed by atoms with E-state index < -0.39 is 8.07 Å². The second-order valence-electron chi connectivity index (χ2n) is 5.84. The second kappa shape index (κ2) is 7.55. The third-order valence-electron chi connectivity index (χ3n) is 3.97. The van der Waals surface area contributed by atoms with Crippen LogP contribution in [0.25, 0.3) is 0 Å². The molecule has 19 heavy (non-hydrogen) atoms. The first-order valence-corrected chi connectivity index (χ1v) is 9.24. The van der Waals surface area contributed by atoms with Gasteiger partial charge in [-0.15, -0.1) is 5.54 Å². The molecule has 108 valence electrons. The lowest BCUT2D eigenvalue weighted by molar-refractivity contribution is -0.135. The van der Waals surface area contributed by atoms with Crippen molar-refractivity contribution >= 4 is 14.0 Å². The third kappa shape index (κ3) is 3.97. The van der Waals surface area contributed by atoms with Gasteiger partial charge in [0.15, 0.2) is 0 Å². The molecule has 3 heteroatoms. The van der Waals surface area contributed by atoms with E-state index in [0.29, 0.717) is 22.2 Å². The highest BCUT2D eigenvalue weighted by Crippen LogP contribution is 2.40. The maximum absolute atomic E-state index is 11.6. The highest BCUT2D eigenvalue weighted by molar-refractivity contribution is 6.90. The molecule has 0 heterocycles. The van der Waals surface area contributed by atoms with Crippen molar-refractivity contribution in [2.45, 2.75) is 65.1 Å². The fourth-order valence-electron chi connectivity index (χ4n) is 2.96. The number of allylic oxidation sites excluding steroid dienone is 1. The first kappa shape index (κ1) is 18.0. The van der Waals surface area contributed by atoms with E-state index >= 15 is 0 Å². The van der Waals surface area contributed by atoms with Gasteiger partial charge >= 0.3 is 5.97 Å². The number of methoxy groups -OCH3 is 1. The summed E-state index contributed by atoms with van der Waals surface area (Å²) in [4.78, 5) is 11.6. The molecule has 0 saturated carbocycles. The molecule has 0 N–H and O–H groups in total. The molecule has 0 saturated heterocycles. The topological polar surface area (TPSA) is 26.3 Å². The summed E-state index contributed by atoms with van der Waals surface area (Å²) in [6.45, 7) is 15.4. The lowest BCUT2D eigenvalue weighted by atomic mass is 10.3. The Kier molecular flexibility index (Phi) is 7.14. The first-order chi connectivity index (χ1) is 8.73. The average Bonchev–Trinajstić information content (AvgIpc) is 2.32. The van der Waals surface area contributed by atoms with Crippen molar-refractivity contribution < 1.29 is 9.53 Å². The van der Waals surface area contributed by atoms with E-state index in [-0.39, 0.29) is 5.97 Å². The monoisotopic (exact) mass is 280 g/mol. The van der Waals surface area contributed by atoms with Gasteiger partial charge in [0, 0.05) is 0 Å². The molecule has 0 rings (SSSR count). The second-order valence-corrected chi connectivity index (χ2v) is 11.4. The number of rotatable bonds is 4. The van der Waals surface area contributed by atoms with E-state index in [1.807, 2.05) is 6.92 Å². The van der Waals surface area contributed by atoms with Gasteiger partial charge in [-0.05, 0) is 23.5 Å². The summed E-state index contributed by atoms with van der Waals surface area (Å²) in [5, 5.41) is 0. The molecule has 2 nitrogen and oxygen atoms in total. The molecule has 0 fully saturated rings. The van der Waals surface area contributed by atoms with Crippen molar-refractivity contribution in [2.24, 2.45) is 0 Å². The molecular weight excluding hydrogens is 252 g/mol. The van der Waals surface area contributed by atoms with Crippen LogP contribution in [0, 0.1) is 11.5 Å². The molecule has 0 unspecified atom stereocenters. The maximum atomic E-state index is 11.6. The van der Waals surface area contributed by atoms with Gasteiger partial charge in [0.2, 0.25) is 0 Å². The minimum atomic E-state index is -1.77. The minimum absolute atomic E-state index is 0.339. The molecule has 0 bridgehead atoms. The third-order valence-corrected chi connectivity index (χ3v) is 10.3. The zero-order valence-electron chi connectivity index (χ0n) is 13.6. The maximum Gasteiger partial charge on any atom is 0.346 e. The van der Waals surface area contributed by atoms with Crippen molar-refractivity contribution in [1.29, 1.82) is 0 Å². The van der Waals surface area contributed by atoms with Crippen molar-refractivity contribution in [3.05, 3.63) is 11.6 Å². The van der Waals surface area contributed by atoms with Gasteiger partial charge in [-0.1, -0.05) is 53.5 Å². The Hall–Kier alpha value is -1.01. The van der Waals surface area contributed by atoms with Gasteiger partial charge in [-0.2, -0.15) is 0 Å². The molecule has 0 aliphatic rings. The van der Waals surface area contributed by atoms with Crippen LogP contribution in [0.5, 0.6) is 0 Å². The molecule has 0 aromatic heterocycles. The van der Waals surface area contributed by atoms with Gasteiger partial charge < -0.3 is 4.74 Å². The highest BCUT2D eigenvalue weighted by atomic mass is 28.3. The molecule has 0 aromatic rings. The van der Waals surface area contributed by atoms with E-state index in [2.05, 4.69) is 53.0 Å². The minimum Gasteiger partial charge on any atom is -0.465 e. The van der Waals surface area contributed by atoms with Gasteiger partial charge in [0.1, 0.15) is 13.6 Å². The van der Waals surface area contributed by atoms with Gasteiger partial charge in [-0.3, -0.25) is 0 Å². The summed E-state index contributed by atoms with van der Waals surface area (Å²) in [5.74, 6) is 2.76. The summed E-state index contributed by atoms with van der Waals surface area (Å²) in [7, 11) is -0.381. The zero-order valence-corrected chi connectivity index (χ0v) is 14.6. The van der Waals surface area contributed by atoms with Crippen molar-refractivity contribution in [1.82, 2.24) is 0 Å². The van der Waals surface area contributed by atoms with E-state index in [0.717, 1.165) is 0 Å². The lowest BCUT2D eigenvalue weighted by Crippen LogP contribution is -2.43. The molecular formula is C16H28O2Si. The van der Waals surface area contributed by atoms with Crippen molar-refractivity contribution in [3.63, 3.8) is 0 Å². The van der Waals surface area contributed by atoms with Crippen LogP contribution in [0.3, 0.4) is 0 Å². The van der Waals surface area contributed by atoms with Crippen molar-refractivity contribution in [3.8, 4) is 11.5 Å². The van der Waals surface area contributed by atoms with E-state index in [1.165, 1.54) is 7.11 Å². The molecule has 0 radical (unpaired) electrons. The summed E-state index contributed by atoms with van der Waals surface area (Å²) in [5.41, 5.74) is 5.69. The van der Waals surface area contributed by atoms with Crippen LogP contribution in [0.2, 0.25) is 16.6 Å². The Labute approximate surface area is 119 Å².